The summed E-state index contributed by atoms with van der Waals surface area (Å²) in [6.07, 6.45) is 0. The molecular weight excluding hydrogens is 223 g/mol. The van der Waals surface area contributed by atoms with Crippen LogP contribution in [-0.2, 0) is 3.08 Å². The standard InChI is InChI=1S/C6H5.H2O.O.Sn/c1-2-4-6-5-3-1;;;/h1-5H;1H2;;/q;;;+1/p-1. The van der Waals surface area contributed by atoms with Crippen LogP contribution < -0.4 is 3.58 Å². The molecule has 1 N–H and O–H groups in total. The molecule has 46 valence electrons. The summed E-state index contributed by atoms with van der Waals surface area (Å²) < 4.78 is 19.8. The molecule has 0 radical (unpaired) electrons. The van der Waals surface area contributed by atoms with Crippen LogP contribution in [-0.4, -0.2) is 23.6 Å². The molecule has 0 heterocycles. The third-order valence-corrected chi connectivity index (χ3v) is 3.38. The van der Waals surface area contributed by atoms with Gasteiger partial charge in [-0.15, -0.1) is 0 Å². The van der Waals surface area contributed by atoms with Gasteiger partial charge in [-0.25, -0.2) is 0 Å². The second-order valence-electron chi connectivity index (χ2n) is 1.67. The molecule has 0 aliphatic carbocycles. The van der Waals surface area contributed by atoms with Gasteiger partial charge in [0.05, 0.1) is 0 Å². The van der Waals surface area contributed by atoms with Crippen molar-refractivity contribution >= 4 is 23.7 Å². The minimum absolute atomic E-state index is 0.611. The summed E-state index contributed by atoms with van der Waals surface area (Å²) >= 11 is -3.27. The summed E-state index contributed by atoms with van der Waals surface area (Å²) in [5, 5.41) is 0. The van der Waals surface area contributed by atoms with E-state index in [-0.39, 0.29) is 0 Å². The topological polar surface area (TPSA) is 37.3 Å². The molecule has 0 unspecified atom stereocenters. The van der Waals surface area contributed by atoms with Crippen molar-refractivity contribution in [3.8, 4) is 0 Å². The molecule has 0 amide bonds. The molecule has 0 fully saturated rings. The third kappa shape index (κ3) is 1.87. The Kier molecular flexibility index (Phi) is 2.36. The Balaban J connectivity index is 2.98. The van der Waals surface area contributed by atoms with Crippen LogP contribution in [0.15, 0.2) is 30.3 Å². The van der Waals surface area contributed by atoms with Gasteiger partial charge in [0.1, 0.15) is 0 Å². The summed E-state index contributed by atoms with van der Waals surface area (Å²) in [6.45, 7) is 0. The molecule has 0 aliphatic rings. The average molecular weight is 229 g/mol. The van der Waals surface area contributed by atoms with Crippen LogP contribution in [0.2, 0.25) is 0 Å². The molecule has 2 nitrogen and oxygen atoms in total. The van der Waals surface area contributed by atoms with E-state index in [1.54, 1.807) is 24.3 Å². The number of benzene rings is 1. The second-order valence-corrected chi connectivity index (χ2v) is 5.06. The maximum absolute atomic E-state index is 10.5. The monoisotopic (exact) mass is 230 g/mol. The molecular formula is C6H6O2Sn. The van der Waals surface area contributed by atoms with E-state index < -0.39 is 20.2 Å². The molecule has 9 heavy (non-hydrogen) atoms. The van der Waals surface area contributed by atoms with Crippen molar-refractivity contribution in [1.82, 2.24) is 0 Å². The SMILES string of the molecule is [O]=[Sn]([OH])[c]1ccccc1. The first-order chi connectivity index (χ1) is 4.30. The van der Waals surface area contributed by atoms with Crippen molar-refractivity contribution in [3.05, 3.63) is 30.3 Å². The predicted molar refractivity (Wildman–Crippen MR) is 34.7 cm³/mol. The summed E-state index contributed by atoms with van der Waals surface area (Å²) in [5.41, 5.74) is 0. The van der Waals surface area contributed by atoms with Crippen molar-refractivity contribution in [1.29, 1.82) is 0 Å². The van der Waals surface area contributed by atoms with E-state index in [0.29, 0.717) is 3.58 Å². The normalized spacial score (nSPS) is 9.00. The Hall–Kier alpha value is -0.221. The van der Waals surface area contributed by atoms with Gasteiger partial charge in [-0.05, 0) is 0 Å². The molecule has 0 atom stereocenters. The van der Waals surface area contributed by atoms with E-state index in [1.165, 1.54) is 0 Å². The number of hydrogen-bond acceptors (Lipinski definition) is 1. The summed E-state index contributed by atoms with van der Waals surface area (Å²) in [5.74, 6) is 0. The Morgan fingerprint density at radius 3 is 2.11 bits per heavy atom. The molecule has 0 aliphatic heterocycles. The number of rotatable bonds is 1. The zero-order valence-corrected chi connectivity index (χ0v) is 7.60. The molecule has 0 spiro atoms. The van der Waals surface area contributed by atoms with E-state index >= 15 is 0 Å². The van der Waals surface area contributed by atoms with Crippen molar-refractivity contribution in [2.45, 2.75) is 0 Å². The fourth-order valence-corrected chi connectivity index (χ4v) is 1.94. The van der Waals surface area contributed by atoms with Gasteiger partial charge in [0.15, 0.2) is 0 Å². The maximum atomic E-state index is 10.5. The Morgan fingerprint density at radius 1 is 1.22 bits per heavy atom. The second kappa shape index (κ2) is 3.08. The fourth-order valence-electron chi connectivity index (χ4n) is 0.581. The van der Waals surface area contributed by atoms with Crippen LogP contribution in [0.25, 0.3) is 0 Å². The Bertz CT molecular complexity index is 208. The summed E-state index contributed by atoms with van der Waals surface area (Å²) in [4.78, 5) is 0. The van der Waals surface area contributed by atoms with Crippen LogP contribution in [0.5, 0.6) is 0 Å². The van der Waals surface area contributed by atoms with Gasteiger partial charge in [-0.1, -0.05) is 0 Å². The first kappa shape index (κ1) is 6.89. The van der Waals surface area contributed by atoms with Crippen molar-refractivity contribution in [3.63, 3.8) is 0 Å². The Morgan fingerprint density at radius 2 is 1.78 bits per heavy atom. The van der Waals surface area contributed by atoms with Crippen LogP contribution in [0.3, 0.4) is 0 Å². The van der Waals surface area contributed by atoms with Gasteiger partial charge in [-0.3, -0.25) is 0 Å². The van der Waals surface area contributed by atoms with Crippen LogP contribution in [0.1, 0.15) is 0 Å². The van der Waals surface area contributed by atoms with Gasteiger partial charge in [0.2, 0.25) is 0 Å². The molecule has 0 saturated heterocycles. The van der Waals surface area contributed by atoms with Gasteiger partial charge < -0.3 is 0 Å². The molecule has 1 aromatic carbocycles. The van der Waals surface area contributed by atoms with Gasteiger partial charge in [0, 0.05) is 0 Å². The predicted octanol–water partition coefficient (Wildman–Crippen LogP) is -0.195. The molecule has 0 saturated carbocycles. The minimum atomic E-state index is -3.27. The summed E-state index contributed by atoms with van der Waals surface area (Å²) in [6, 6.07) is 8.73. The molecule has 0 bridgehead atoms. The fraction of sp³-hybridized carbons (Fsp3) is 0. The van der Waals surface area contributed by atoms with Crippen molar-refractivity contribution in [2.75, 3.05) is 0 Å². The quantitative estimate of drug-likeness (QED) is 0.677. The zero-order chi connectivity index (χ0) is 6.69. The molecule has 0 aromatic heterocycles. The van der Waals surface area contributed by atoms with Crippen LogP contribution in [0, 0.1) is 0 Å². The van der Waals surface area contributed by atoms with Crippen LogP contribution >= 0.6 is 0 Å². The average Bonchev–Trinajstić information content (AvgIpc) is 1.90. The van der Waals surface area contributed by atoms with E-state index in [2.05, 4.69) is 0 Å². The third-order valence-electron chi connectivity index (χ3n) is 1.02. The van der Waals surface area contributed by atoms with Gasteiger partial charge in [0.25, 0.3) is 0 Å². The molecule has 3 heteroatoms. The molecule has 1 aromatic rings. The van der Waals surface area contributed by atoms with Gasteiger partial charge >= 0.3 is 60.6 Å². The number of hydrogen-bond donors (Lipinski definition) is 1. The van der Waals surface area contributed by atoms with E-state index in [9.17, 15) is 3.08 Å². The Labute approximate surface area is 60.8 Å². The van der Waals surface area contributed by atoms with Crippen LogP contribution in [0.4, 0.5) is 0 Å². The van der Waals surface area contributed by atoms with E-state index in [0.717, 1.165) is 0 Å². The van der Waals surface area contributed by atoms with Gasteiger partial charge in [-0.2, -0.15) is 0 Å². The van der Waals surface area contributed by atoms with E-state index in [4.69, 9.17) is 3.44 Å². The van der Waals surface area contributed by atoms with Crippen molar-refractivity contribution < 1.29 is 6.52 Å². The van der Waals surface area contributed by atoms with E-state index in [1.807, 2.05) is 6.07 Å². The molecule has 1 rings (SSSR count). The first-order valence-corrected chi connectivity index (χ1v) is 6.46. The summed E-state index contributed by atoms with van der Waals surface area (Å²) in [7, 11) is 0. The van der Waals surface area contributed by atoms with Crippen molar-refractivity contribution in [2.24, 2.45) is 0 Å². The first-order valence-electron chi connectivity index (χ1n) is 2.59. The zero-order valence-electron chi connectivity index (χ0n) is 4.74.